The van der Waals surface area contributed by atoms with Crippen LogP contribution in [0.4, 0.5) is 5.69 Å². The van der Waals surface area contributed by atoms with Crippen molar-refractivity contribution in [2.24, 2.45) is 0 Å². The van der Waals surface area contributed by atoms with E-state index >= 15 is 0 Å². The third kappa shape index (κ3) is 4.73. The second kappa shape index (κ2) is 8.87. The van der Waals surface area contributed by atoms with Crippen molar-refractivity contribution in [3.8, 4) is 0 Å². The molecule has 0 bridgehead atoms. The number of carbonyl (C=O) groups is 1. The summed E-state index contributed by atoms with van der Waals surface area (Å²) in [5.74, 6) is -0.437. The first kappa shape index (κ1) is 21.2. The highest BCUT2D eigenvalue weighted by Crippen LogP contribution is 2.20. The number of anilines is 1. The van der Waals surface area contributed by atoms with Gasteiger partial charge in [-0.25, -0.2) is 13.1 Å². The van der Waals surface area contributed by atoms with Crippen molar-refractivity contribution in [3.63, 3.8) is 0 Å². The zero-order valence-corrected chi connectivity index (χ0v) is 17.5. The fourth-order valence-electron chi connectivity index (χ4n) is 3.50. The molecule has 1 aromatic heterocycles. The fraction of sp³-hybridized carbons (Fsp3) is 0.450. The lowest BCUT2D eigenvalue weighted by Crippen LogP contribution is -2.32. The molecule has 2 aromatic rings. The van der Waals surface area contributed by atoms with Gasteiger partial charge in [0.15, 0.2) is 0 Å². The summed E-state index contributed by atoms with van der Waals surface area (Å²) < 4.78 is 27.8. The summed E-state index contributed by atoms with van der Waals surface area (Å²) >= 11 is 0. The Kier molecular flexibility index (Phi) is 6.49. The number of fused-ring (bicyclic) bond motifs is 1. The highest BCUT2D eigenvalue weighted by molar-refractivity contribution is 7.89. The number of aromatic nitrogens is 2. The molecule has 0 saturated carbocycles. The third-order valence-electron chi connectivity index (χ3n) is 5.03. The van der Waals surface area contributed by atoms with Crippen LogP contribution in [-0.4, -0.2) is 41.5 Å². The molecular weight excluding hydrogens is 392 g/mol. The van der Waals surface area contributed by atoms with Crippen LogP contribution in [0.2, 0.25) is 0 Å². The lowest BCUT2D eigenvalue weighted by Gasteiger charge is -2.19. The Morgan fingerprint density at radius 2 is 1.90 bits per heavy atom. The highest BCUT2D eigenvalue weighted by Gasteiger charge is 2.22. The predicted octanol–water partition coefficient (Wildman–Crippen LogP) is 1.79. The predicted molar refractivity (Wildman–Crippen MR) is 110 cm³/mol. The van der Waals surface area contributed by atoms with Gasteiger partial charge in [0.05, 0.1) is 10.6 Å². The minimum atomic E-state index is -3.62. The van der Waals surface area contributed by atoms with Gasteiger partial charge in [0, 0.05) is 24.8 Å². The molecule has 0 atom stereocenters. The molecule has 0 unspecified atom stereocenters. The Bertz CT molecular complexity index is 1060. The Hall–Kier alpha value is -2.52. The molecular formula is C20H26N4O4S. The van der Waals surface area contributed by atoms with Crippen LogP contribution >= 0.6 is 0 Å². The van der Waals surface area contributed by atoms with Crippen LogP contribution in [0.25, 0.3) is 0 Å². The summed E-state index contributed by atoms with van der Waals surface area (Å²) in [5, 5.41) is 7.00. The molecule has 1 aliphatic carbocycles. The molecule has 1 aromatic carbocycles. The summed E-state index contributed by atoms with van der Waals surface area (Å²) in [6.45, 7) is 4.05. The smallest absolute Gasteiger partial charge is 0.267 e. The number of amides is 1. The molecule has 0 spiro atoms. The number of carbonyl (C=O) groups excluding carboxylic acids is 1. The van der Waals surface area contributed by atoms with Crippen molar-refractivity contribution >= 4 is 21.6 Å². The Morgan fingerprint density at radius 1 is 1.17 bits per heavy atom. The van der Waals surface area contributed by atoms with Crippen LogP contribution in [-0.2, 0) is 34.2 Å². The number of sulfonamides is 1. The fourth-order valence-corrected chi connectivity index (χ4v) is 5.00. The first-order chi connectivity index (χ1) is 13.8. The largest absolute Gasteiger partial charge is 0.324 e. The van der Waals surface area contributed by atoms with Gasteiger partial charge in [-0.3, -0.25) is 9.59 Å². The first-order valence-electron chi connectivity index (χ1n) is 9.85. The normalized spacial score (nSPS) is 13.9. The van der Waals surface area contributed by atoms with Crippen LogP contribution in [0.1, 0.15) is 37.9 Å². The van der Waals surface area contributed by atoms with Gasteiger partial charge in [0.25, 0.3) is 5.56 Å². The van der Waals surface area contributed by atoms with E-state index in [2.05, 4.69) is 10.4 Å². The van der Waals surface area contributed by atoms with Crippen molar-refractivity contribution in [1.29, 1.82) is 0 Å². The molecule has 1 N–H and O–H groups in total. The Labute approximate surface area is 170 Å². The summed E-state index contributed by atoms with van der Waals surface area (Å²) in [7, 11) is -3.62. The average Bonchev–Trinajstić information content (AvgIpc) is 2.69. The van der Waals surface area contributed by atoms with E-state index in [1.54, 1.807) is 32.0 Å². The number of benzene rings is 1. The van der Waals surface area contributed by atoms with Crippen LogP contribution < -0.4 is 10.9 Å². The van der Waals surface area contributed by atoms with Crippen LogP contribution in [0.3, 0.4) is 0 Å². The minimum absolute atomic E-state index is 0.114. The molecule has 0 saturated heterocycles. The lowest BCUT2D eigenvalue weighted by atomic mass is 9.97. The molecule has 0 radical (unpaired) electrons. The van der Waals surface area contributed by atoms with Crippen LogP contribution in [0, 0.1) is 0 Å². The second-order valence-electron chi connectivity index (χ2n) is 6.98. The van der Waals surface area contributed by atoms with Crippen molar-refractivity contribution in [3.05, 3.63) is 51.9 Å². The quantitative estimate of drug-likeness (QED) is 0.739. The number of hydrogen-bond acceptors (Lipinski definition) is 5. The molecule has 8 nitrogen and oxygen atoms in total. The summed E-state index contributed by atoms with van der Waals surface area (Å²) in [6.07, 6.45) is 3.73. The van der Waals surface area contributed by atoms with E-state index < -0.39 is 15.9 Å². The van der Waals surface area contributed by atoms with E-state index in [-0.39, 0.29) is 17.0 Å². The van der Waals surface area contributed by atoms with E-state index in [0.717, 1.165) is 41.6 Å². The van der Waals surface area contributed by atoms with Crippen LogP contribution in [0.15, 0.2) is 40.0 Å². The first-order valence-corrected chi connectivity index (χ1v) is 11.3. The van der Waals surface area contributed by atoms with E-state index in [4.69, 9.17) is 0 Å². The van der Waals surface area contributed by atoms with Gasteiger partial charge >= 0.3 is 0 Å². The molecule has 156 valence electrons. The van der Waals surface area contributed by atoms with Crippen molar-refractivity contribution in [2.45, 2.75) is 51.0 Å². The zero-order valence-electron chi connectivity index (χ0n) is 16.7. The molecule has 0 fully saturated rings. The van der Waals surface area contributed by atoms with Gasteiger partial charge in [0.2, 0.25) is 15.9 Å². The number of rotatable bonds is 7. The van der Waals surface area contributed by atoms with Crippen molar-refractivity contribution < 1.29 is 13.2 Å². The monoisotopic (exact) mass is 418 g/mol. The number of hydrogen-bond donors (Lipinski definition) is 1. The van der Waals surface area contributed by atoms with Gasteiger partial charge in [0.1, 0.15) is 6.54 Å². The molecule has 1 heterocycles. The maximum atomic E-state index is 12.7. The standard InChI is InChI=1S/C20H26N4O4S/c1-3-23(4-2)29(27,28)17-10-7-9-16(13-17)21-19(25)14-24-20(26)12-15-8-5-6-11-18(15)22-24/h7,9-10,12-13H,3-6,8,11,14H2,1-2H3,(H,21,25). The number of nitrogens with one attached hydrogen (secondary N) is 1. The van der Waals surface area contributed by atoms with Gasteiger partial charge in [-0.1, -0.05) is 19.9 Å². The molecule has 0 aliphatic heterocycles. The van der Waals surface area contributed by atoms with Crippen LogP contribution in [0.5, 0.6) is 0 Å². The third-order valence-corrected chi connectivity index (χ3v) is 7.07. The molecule has 9 heteroatoms. The maximum Gasteiger partial charge on any atom is 0.267 e. The lowest BCUT2D eigenvalue weighted by molar-refractivity contribution is -0.117. The van der Waals surface area contributed by atoms with E-state index in [1.165, 1.54) is 16.4 Å². The van der Waals surface area contributed by atoms with E-state index in [1.807, 2.05) is 0 Å². The highest BCUT2D eigenvalue weighted by atomic mass is 32.2. The van der Waals surface area contributed by atoms with Gasteiger partial charge < -0.3 is 5.32 Å². The topological polar surface area (TPSA) is 101 Å². The maximum absolute atomic E-state index is 12.7. The second-order valence-corrected chi connectivity index (χ2v) is 8.92. The minimum Gasteiger partial charge on any atom is -0.324 e. The van der Waals surface area contributed by atoms with E-state index in [0.29, 0.717) is 18.8 Å². The van der Waals surface area contributed by atoms with Gasteiger partial charge in [-0.2, -0.15) is 9.40 Å². The summed E-state index contributed by atoms with van der Waals surface area (Å²) in [4.78, 5) is 24.8. The number of aryl methyl sites for hydroxylation is 2. The summed E-state index contributed by atoms with van der Waals surface area (Å²) in [6, 6.07) is 7.68. The Balaban J connectivity index is 1.76. The van der Waals surface area contributed by atoms with Crippen molar-refractivity contribution in [1.82, 2.24) is 14.1 Å². The molecule has 29 heavy (non-hydrogen) atoms. The number of nitrogens with zero attached hydrogens (tertiary/aromatic N) is 3. The Morgan fingerprint density at radius 3 is 2.62 bits per heavy atom. The van der Waals surface area contributed by atoms with Gasteiger partial charge in [-0.15, -0.1) is 0 Å². The summed E-state index contributed by atoms with van der Waals surface area (Å²) in [5.41, 5.74) is 1.89. The molecule has 1 aliphatic rings. The molecule has 3 rings (SSSR count). The van der Waals surface area contributed by atoms with Crippen molar-refractivity contribution in [2.75, 3.05) is 18.4 Å². The van der Waals surface area contributed by atoms with Gasteiger partial charge in [-0.05, 0) is 49.4 Å². The SMILES string of the molecule is CCN(CC)S(=O)(=O)c1cccc(NC(=O)Cn2nc3c(cc2=O)CCCC3)c1. The zero-order chi connectivity index (χ0) is 21.0. The molecule has 1 amide bonds. The average molecular weight is 419 g/mol. The van der Waals surface area contributed by atoms with E-state index in [9.17, 15) is 18.0 Å².